The lowest BCUT2D eigenvalue weighted by atomic mass is 10.0. The minimum Gasteiger partial charge on any atom is -0.317 e. The summed E-state index contributed by atoms with van der Waals surface area (Å²) >= 11 is 1.75. The zero-order chi connectivity index (χ0) is 13.0. The third kappa shape index (κ3) is 3.75. The minimum absolute atomic E-state index is 0.523. The predicted octanol–water partition coefficient (Wildman–Crippen LogP) is 0.909. The Hall–Kier alpha value is -0.490. The van der Waals surface area contributed by atoms with Gasteiger partial charge in [-0.3, -0.25) is 0 Å². The van der Waals surface area contributed by atoms with E-state index in [0.717, 1.165) is 6.42 Å². The molecule has 0 aliphatic carbocycles. The van der Waals surface area contributed by atoms with Crippen LogP contribution in [0.5, 0.6) is 0 Å². The Balaban J connectivity index is 1.88. The Morgan fingerprint density at radius 2 is 2.33 bits per heavy atom. The van der Waals surface area contributed by atoms with E-state index in [4.69, 9.17) is 0 Å². The molecule has 1 aromatic rings. The second-order valence-electron chi connectivity index (χ2n) is 5.25. The molecule has 1 N–H and O–H groups in total. The highest BCUT2D eigenvalue weighted by Crippen LogP contribution is 2.15. The maximum atomic E-state index is 4.39. The van der Waals surface area contributed by atoms with Crippen LogP contribution < -0.4 is 5.32 Å². The van der Waals surface area contributed by atoms with Crippen LogP contribution in [0.4, 0.5) is 0 Å². The van der Waals surface area contributed by atoms with Crippen LogP contribution in [0.2, 0.25) is 0 Å². The molecule has 4 nitrogen and oxygen atoms in total. The molecule has 18 heavy (non-hydrogen) atoms. The molecule has 0 bridgehead atoms. The zero-order valence-corrected chi connectivity index (χ0v) is 12.4. The molecule has 2 unspecified atom stereocenters. The summed E-state index contributed by atoms with van der Waals surface area (Å²) in [7, 11) is 6.52. The second kappa shape index (κ2) is 6.61. The van der Waals surface area contributed by atoms with E-state index in [-0.39, 0.29) is 0 Å². The number of hydrogen-bond donors (Lipinski definition) is 1. The van der Waals surface area contributed by atoms with Crippen molar-refractivity contribution < 1.29 is 0 Å². The largest absolute Gasteiger partial charge is 0.317 e. The molecule has 2 heterocycles. The first kappa shape index (κ1) is 13.9. The molecule has 1 aromatic heterocycles. The first-order valence-corrected chi connectivity index (χ1v) is 7.51. The predicted molar refractivity (Wildman–Crippen MR) is 77.2 cm³/mol. The van der Waals surface area contributed by atoms with Gasteiger partial charge in [-0.25, -0.2) is 4.98 Å². The highest BCUT2D eigenvalue weighted by molar-refractivity contribution is 7.09. The van der Waals surface area contributed by atoms with Crippen LogP contribution in [0.15, 0.2) is 11.6 Å². The lowest BCUT2D eigenvalue weighted by Gasteiger charge is -2.39. The van der Waals surface area contributed by atoms with Crippen LogP contribution in [0.1, 0.15) is 11.4 Å². The topological polar surface area (TPSA) is 31.4 Å². The Kier molecular flexibility index (Phi) is 5.12. The van der Waals surface area contributed by atoms with Crippen LogP contribution in [-0.4, -0.2) is 67.6 Å². The number of likely N-dealkylation sites (N-methyl/N-ethyl adjacent to an activating group) is 3. The van der Waals surface area contributed by atoms with Gasteiger partial charge in [0.05, 0.1) is 5.01 Å². The van der Waals surface area contributed by atoms with Crippen molar-refractivity contribution in [3.8, 4) is 0 Å². The van der Waals surface area contributed by atoms with Crippen molar-refractivity contribution >= 4 is 11.3 Å². The van der Waals surface area contributed by atoms with Gasteiger partial charge < -0.3 is 15.1 Å². The van der Waals surface area contributed by atoms with E-state index in [2.05, 4.69) is 46.6 Å². The number of nitrogens with one attached hydrogen (secondary N) is 1. The van der Waals surface area contributed by atoms with Gasteiger partial charge in [0.25, 0.3) is 0 Å². The maximum absolute atomic E-state index is 4.39. The van der Waals surface area contributed by atoms with Crippen molar-refractivity contribution in [3.05, 3.63) is 16.6 Å². The van der Waals surface area contributed by atoms with Gasteiger partial charge in [0.2, 0.25) is 0 Å². The molecule has 1 aliphatic rings. The molecule has 2 atom stereocenters. The lowest BCUT2D eigenvalue weighted by Crippen LogP contribution is -2.52. The third-order valence-corrected chi connectivity index (χ3v) is 4.65. The molecule has 5 heteroatoms. The molecule has 1 saturated heterocycles. The molecule has 102 valence electrons. The SMILES string of the molecule is CNC(Cc1nccs1)CC1CN(C)CCN1C. The van der Waals surface area contributed by atoms with Gasteiger partial charge >= 0.3 is 0 Å². The van der Waals surface area contributed by atoms with Gasteiger partial charge in [-0.15, -0.1) is 11.3 Å². The average Bonchev–Trinajstić information content (AvgIpc) is 2.85. The number of hydrogen-bond acceptors (Lipinski definition) is 5. The monoisotopic (exact) mass is 268 g/mol. The number of nitrogens with zero attached hydrogens (tertiary/aromatic N) is 3. The lowest BCUT2D eigenvalue weighted by molar-refractivity contribution is 0.102. The summed E-state index contributed by atoms with van der Waals surface area (Å²) < 4.78 is 0. The van der Waals surface area contributed by atoms with E-state index in [9.17, 15) is 0 Å². The van der Waals surface area contributed by atoms with Crippen LogP contribution in [0.25, 0.3) is 0 Å². The number of aromatic nitrogens is 1. The first-order valence-electron chi connectivity index (χ1n) is 6.63. The van der Waals surface area contributed by atoms with E-state index in [0.29, 0.717) is 12.1 Å². The molecule has 0 spiro atoms. The van der Waals surface area contributed by atoms with Crippen LogP contribution in [-0.2, 0) is 6.42 Å². The molecule has 0 aromatic carbocycles. The van der Waals surface area contributed by atoms with Gasteiger partial charge in [-0.1, -0.05) is 0 Å². The number of thiazole rings is 1. The van der Waals surface area contributed by atoms with E-state index in [1.165, 1.54) is 31.1 Å². The first-order chi connectivity index (χ1) is 8.69. The summed E-state index contributed by atoms with van der Waals surface area (Å²) in [5.74, 6) is 0. The fourth-order valence-corrected chi connectivity index (χ4v) is 3.25. The Bertz CT molecular complexity index is 341. The fraction of sp³-hybridized carbons (Fsp3) is 0.769. The summed E-state index contributed by atoms with van der Waals surface area (Å²) in [5.41, 5.74) is 0. The number of rotatable bonds is 5. The van der Waals surface area contributed by atoms with Gasteiger partial charge in [0.15, 0.2) is 0 Å². The summed E-state index contributed by atoms with van der Waals surface area (Å²) in [6.45, 7) is 3.53. The Morgan fingerprint density at radius 1 is 1.50 bits per heavy atom. The third-order valence-electron chi connectivity index (χ3n) is 3.85. The highest BCUT2D eigenvalue weighted by Gasteiger charge is 2.25. The van der Waals surface area contributed by atoms with Crippen molar-refractivity contribution in [2.75, 3.05) is 40.8 Å². The standard InChI is InChI=1S/C13H24N4S/c1-14-11(9-13-15-4-7-18-13)8-12-10-16(2)5-6-17(12)3/h4,7,11-12,14H,5-6,8-10H2,1-3H3. The quantitative estimate of drug-likeness (QED) is 0.860. The second-order valence-corrected chi connectivity index (χ2v) is 6.23. The highest BCUT2D eigenvalue weighted by atomic mass is 32.1. The van der Waals surface area contributed by atoms with Crippen molar-refractivity contribution in [3.63, 3.8) is 0 Å². The summed E-state index contributed by atoms with van der Waals surface area (Å²) in [4.78, 5) is 9.31. The minimum atomic E-state index is 0.523. The van der Waals surface area contributed by atoms with E-state index >= 15 is 0 Å². The zero-order valence-electron chi connectivity index (χ0n) is 11.6. The van der Waals surface area contributed by atoms with E-state index in [1.807, 2.05) is 6.20 Å². The van der Waals surface area contributed by atoms with Crippen LogP contribution in [0.3, 0.4) is 0 Å². The average molecular weight is 268 g/mol. The van der Waals surface area contributed by atoms with Crippen molar-refractivity contribution in [2.24, 2.45) is 0 Å². The fourth-order valence-electron chi connectivity index (χ4n) is 2.55. The smallest absolute Gasteiger partial charge is 0.0940 e. The van der Waals surface area contributed by atoms with Crippen LogP contribution >= 0.6 is 11.3 Å². The van der Waals surface area contributed by atoms with Crippen LogP contribution in [0, 0.1) is 0 Å². The molecule has 0 radical (unpaired) electrons. The summed E-state index contributed by atoms with van der Waals surface area (Å²) in [6.07, 6.45) is 4.13. The molecule has 0 saturated carbocycles. The molecule has 2 rings (SSSR count). The van der Waals surface area contributed by atoms with Gasteiger partial charge in [-0.2, -0.15) is 0 Å². The Labute approximate surface area is 114 Å². The normalized spacial score (nSPS) is 24.3. The summed E-state index contributed by atoms with van der Waals surface area (Å²) in [6, 6.07) is 1.18. The van der Waals surface area contributed by atoms with Gasteiger partial charge in [-0.05, 0) is 27.6 Å². The summed E-state index contributed by atoms with van der Waals surface area (Å²) in [5, 5.41) is 6.74. The maximum Gasteiger partial charge on any atom is 0.0940 e. The molecule has 1 aliphatic heterocycles. The van der Waals surface area contributed by atoms with Gasteiger partial charge in [0.1, 0.15) is 0 Å². The molecular formula is C13H24N4S. The van der Waals surface area contributed by atoms with Crippen molar-refractivity contribution in [2.45, 2.75) is 24.9 Å². The van der Waals surface area contributed by atoms with Gasteiger partial charge in [0, 0.05) is 49.7 Å². The molecule has 0 amide bonds. The van der Waals surface area contributed by atoms with Crippen molar-refractivity contribution in [1.29, 1.82) is 0 Å². The molecular weight excluding hydrogens is 244 g/mol. The van der Waals surface area contributed by atoms with E-state index < -0.39 is 0 Å². The van der Waals surface area contributed by atoms with Crippen molar-refractivity contribution in [1.82, 2.24) is 20.1 Å². The number of piperazine rings is 1. The van der Waals surface area contributed by atoms with E-state index in [1.54, 1.807) is 11.3 Å². The Morgan fingerprint density at radius 3 is 3.00 bits per heavy atom. The molecule has 1 fully saturated rings.